The number of hydrogen-bond donors (Lipinski definition) is 1. The fourth-order valence-corrected chi connectivity index (χ4v) is 1.71. The fraction of sp³-hybridized carbons (Fsp3) is 0.385. The molecule has 1 aromatic rings. The normalized spacial score (nSPS) is 11.6. The van der Waals surface area contributed by atoms with Crippen molar-refractivity contribution in [2.24, 2.45) is 0 Å². The Kier molecular flexibility index (Phi) is 5.63. The second-order valence-corrected chi connectivity index (χ2v) is 4.29. The summed E-state index contributed by atoms with van der Waals surface area (Å²) in [5, 5.41) is 3.12. The molecule has 1 aromatic carbocycles. The van der Waals surface area contributed by atoms with E-state index in [1.807, 2.05) is 30.3 Å². The Balaban J connectivity index is 2.74. The van der Waals surface area contributed by atoms with E-state index < -0.39 is 0 Å². The predicted molar refractivity (Wildman–Crippen MR) is 71.8 cm³/mol. The van der Waals surface area contributed by atoms with Crippen molar-refractivity contribution in [3.63, 3.8) is 0 Å². The molecule has 17 heavy (non-hydrogen) atoms. The Bertz CT molecular complexity index is 378. The molecule has 1 rings (SSSR count). The number of carbonyl (C=O) groups is 1. The highest BCUT2D eigenvalue weighted by Gasteiger charge is 2.16. The second-order valence-electron chi connectivity index (χ2n) is 3.67. The topological polar surface area (TPSA) is 38.3 Å². The zero-order chi connectivity index (χ0) is 12.7. The van der Waals surface area contributed by atoms with Gasteiger partial charge in [0.1, 0.15) is 0 Å². The van der Waals surface area contributed by atoms with E-state index in [-0.39, 0.29) is 18.4 Å². The van der Waals surface area contributed by atoms with Crippen LogP contribution in [0.25, 0.3) is 0 Å². The number of rotatable bonds is 5. The van der Waals surface area contributed by atoms with Gasteiger partial charge in [0.05, 0.1) is 24.1 Å². The van der Waals surface area contributed by atoms with Crippen LogP contribution in [-0.4, -0.2) is 17.6 Å². The second kappa shape index (κ2) is 7.01. The molecule has 1 N–H and O–H groups in total. The summed E-state index contributed by atoms with van der Waals surface area (Å²) >= 11 is 5.03. The molecule has 4 heteroatoms. The summed E-state index contributed by atoms with van der Waals surface area (Å²) in [6, 6.07) is 9.63. The first-order chi connectivity index (χ1) is 8.13. The average Bonchev–Trinajstić information content (AvgIpc) is 2.29. The van der Waals surface area contributed by atoms with Crippen molar-refractivity contribution >= 4 is 23.2 Å². The third kappa shape index (κ3) is 4.95. The zero-order valence-corrected chi connectivity index (χ0v) is 10.9. The van der Waals surface area contributed by atoms with Gasteiger partial charge >= 0.3 is 5.97 Å². The van der Waals surface area contributed by atoms with Gasteiger partial charge in [-0.15, -0.1) is 0 Å². The van der Waals surface area contributed by atoms with Crippen LogP contribution >= 0.6 is 12.2 Å². The SMILES string of the molecule is CCOC(=O)CC(NC(C)=S)c1ccccc1. The minimum Gasteiger partial charge on any atom is -0.466 e. The number of esters is 1. The predicted octanol–water partition coefficient (Wildman–Crippen LogP) is 2.62. The van der Waals surface area contributed by atoms with Gasteiger partial charge in [-0.05, 0) is 19.4 Å². The summed E-state index contributed by atoms with van der Waals surface area (Å²) in [4.78, 5) is 12.2. The molecule has 0 aliphatic rings. The van der Waals surface area contributed by atoms with E-state index in [1.54, 1.807) is 13.8 Å². The number of carbonyl (C=O) groups excluding carboxylic acids is 1. The molecule has 0 aliphatic carbocycles. The third-order valence-electron chi connectivity index (χ3n) is 2.26. The maximum atomic E-state index is 11.5. The molecule has 92 valence electrons. The van der Waals surface area contributed by atoms with Crippen LogP contribution in [0.15, 0.2) is 30.3 Å². The van der Waals surface area contributed by atoms with Crippen LogP contribution in [0.3, 0.4) is 0 Å². The van der Waals surface area contributed by atoms with Gasteiger partial charge in [-0.25, -0.2) is 0 Å². The Morgan fingerprint density at radius 3 is 2.59 bits per heavy atom. The highest BCUT2D eigenvalue weighted by Crippen LogP contribution is 2.17. The molecule has 0 radical (unpaired) electrons. The zero-order valence-electron chi connectivity index (χ0n) is 10.1. The van der Waals surface area contributed by atoms with E-state index in [9.17, 15) is 4.79 Å². The quantitative estimate of drug-likeness (QED) is 0.645. The molecule has 0 amide bonds. The largest absolute Gasteiger partial charge is 0.466 e. The van der Waals surface area contributed by atoms with E-state index in [2.05, 4.69) is 5.32 Å². The minimum absolute atomic E-state index is 0.118. The van der Waals surface area contributed by atoms with Crippen LogP contribution in [0.4, 0.5) is 0 Å². The number of ether oxygens (including phenoxy) is 1. The van der Waals surface area contributed by atoms with E-state index in [1.165, 1.54) is 0 Å². The molecule has 0 bridgehead atoms. The molecular weight excluding hydrogens is 234 g/mol. The Morgan fingerprint density at radius 2 is 2.06 bits per heavy atom. The maximum absolute atomic E-state index is 11.5. The van der Waals surface area contributed by atoms with Gasteiger partial charge < -0.3 is 10.1 Å². The number of hydrogen-bond acceptors (Lipinski definition) is 3. The molecule has 0 aromatic heterocycles. The Hall–Kier alpha value is -1.42. The van der Waals surface area contributed by atoms with Crippen LogP contribution in [0.1, 0.15) is 31.9 Å². The summed E-state index contributed by atoms with van der Waals surface area (Å²) in [5.74, 6) is -0.217. The molecule has 0 aliphatic heterocycles. The summed E-state index contributed by atoms with van der Waals surface area (Å²) in [5.41, 5.74) is 1.03. The van der Waals surface area contributed by atoms with Gasteiger partial charge in [0.25, 0.3) is 0 Å². The smallest absolute Gasteiger partial charge is 0.308 e. The van der Waals surface area contributed by atoms with Crippen molar-refractivity contribution in [1.29, 1.82) is 0 Å². The molecule has 0 heterocycles. The molecule has 0 saturated carbocycles. The molecule has 3 nitrogen and oxygen atoms in total. The lowest BCUT2D eigenvalue weighted by Gasteiger charge is -2.18. The van der Waals surface area contributed by atoms with Crippen LogP contribution < -0.4 is 5.32 Å². The summed E-state index contributed by atoms with van der Waals surface area (Å²) in [6.07, 6.45) is 0.284. The standard InChI is InChI=1S/C13H17NO2S/c1-3-16-13(15)9-12(14-10(2)17)11-7-5-4-6-8-11/h4-8,12H,3,9H2,1-2H3,(H,14,17). The third-order valence-corrected chi connectivity index (χ3v) is 2.37. The van der Waals surface area contributed by atoms with Crippen LogP contribution in [-0.2, 0) is 9.53 Å². The highest BCUT2D eigenvalue weighted by molar-refractivity contribution is 7.80. The number of thiocarbonyl (C=S) groups is 1. The lowest BCUT2D eigenvalue weighted by molar-refractivity contribution is -0.143. The fourth-order valence-electron chi connectivity index (χ4n) is 1.57. The Morgan fingerprint density at radius 1 is 1.41 bits per heavy atom. The van der Waals surface area contributed by atoms with E-state index in [0.29, 0.717) is 11.6 Å². The van der Waals surface area contributed by atoms with Crippen molar-refractivity contribution < 1.29 is 9.53 Å². The van der Waals surface area contributed by atoms with Gasteiger partial charge in [0.2, 0.25) is 0 Å². The molecular formula is C13H17NO2S. The lowest BCUT2D eigenvalue weighted by Crippen LogP contribution is -2.27. The van der Waals surface area contributed by atoms with Crippen LogP contribution in [0, 0.1) is 0 Å². The summed E-state index contributed by atoms with van der Waals surface area (Å²) in [7, 11) is 0. The van der Waals surface area contributed by atoms with Gasteiger partial charge in [-0.3, -0.25) is 4.79 Å². The first-order valence-electron chi connectivity index (χ1n) is 5.61. The monoisotopic (exact) mass is 251 g/mol. The molecule has 0 saturated heterocycles. The molecule has 0 fully saturated rings. The molecule has 0 spiro atoms. The van der Waals surface area contributed by atoms with Crippen molar-refractivity contribution in [1.82, 2.24) is 5.32 Å². The first-order valence-corrected chi connectivity index (χ1v) is 6.02. The highest BCUT2D eigenvalue weighted by atomic mass is 32.1. The van der Waals surface area contributed by atoms with E-state index in [0.717, 1.165) is 5.56 Å². The van der Waals surface area contributed by atoms with Gasteiger partial charge in [0.15, 0.2) is 0 Å². The van der Waals surface area contributed by atoms with Crippen LogP contribution in [0.5, 0.6) is 0 Å². The molecule has 1 unspecified atom stereocenters. The first kappa shape index (κ1) is 13.6. The summed E-state index contributed by atoms with van der Waals surface area (Å²) in [6.45, 7) is 4.00. The van der Waals surface area contributed by atoms with Crippen molar-refractivity contribution in [3.05, 3.63) is 35.9 Å². The van der Waals surface area contributed by atoms with E-state index >= 15 is 0 Å². The van der Waals surface area contributed by atoms with Gasteiger partial charge in [0, 0.05) is 0 Å². The van der Waals surface area contributed by atoms with Crippen molar-refractivity contribution in [3.8, 4) is 0 Å². The van der Waals surface area contributed by atoms with Gasteiger partial charge in [-0.2, -0.15) is 0 Å². The maximum Gasteiger partial charge on any atom is 0.308 e. The molecule has 1 atom stereocenters. The van der Waals surface area contributed by atoms with Crippen LogP contribution in [0.2, 0.25) is 0 Å². The van der Waals surface area contributed by atoms with Crippen molar-refractivity contribution in [2.45, 2.75) is 26.3 Å². The number of benzene rings is 1. The summed E-state index contributed by atoms with van der Waals surface area (Å²) < 4.78 is 4.95. The Labute approximate surface area is 107 Å². The van der Waals surface area contributed by atoms with Crippen molar-refractivity contribution in [2.75, 3.05) is 6.61 Å². The number of nitrogens with one attached hydrogen (secondary N) is 1. The lowest BCUT2D eigenvalue weighted by atomic mass is 10.0. The minimum atomic E-state index is -0.217. The van der Waals surface area contributed by atoms with E-state index in [4.69, 9.17) is 17.0 Å². The average molecular weight is 251 g/mol. The van der Waals surface area contributed by atoms with Gasteiger partial charge in [-0.1, -0.05) is 42.5 Å².